The van der Waals surface area contributed by atoms with Crippen LogP contribution in [0.4, 0.5) is 0 Å². The van der Waals surface area contributed by atoms with E-state index in [-0.39, 0.29) is 4.90 Å². The second-order valence-electron chi connectivity index (χ2n) is 3.66. The molecule has 90 valence electrons. The van der Waals surface area contributed by atoms with Gasteiger partial charge in [0.2, 0.25) is 10.0 Å². The smallest absolute Gasteiger partial charge is 0.240 e. The van der Waals surface area contributed by atoms with Crippen LogP contribution in [0.15, 0.2) is 41.7 Å². The van der Waals surface area contributed by atoms with E-state index in [2.05, 4.69) is 9.71 Å². The van der Waals surface area contributed by atoms with E-state index in [1.54, 1.807) is 24.5 Å². The molecule has 1 heterocycles. The first kappa shape index (κ1) is 11.8. The molecule has 2 rings (SSSR count). The van der Waals surface area contributed by atoms with Crippen molar-refractivity contribution in [3.63, 3.8) is 0 Å². The molecule has 1 aromatic carbocycles. The van der Waals surface area contributed by atoms with Gasteiger partial charge in [0.25, 0.3) is 0 Å². The molecular weight excluding hydrogens is 238 g/mol. The normalized spacial score (nSPS) is 11.6. The number of sulfonamides is 1. The summed E-state index contributed by atoms with van der Waals surface area (Å²) < 4.78 is 27.4. The van der Waals surface area contributed by atoms with E-state index < -0.39 is 10.0 Å². The number of imidazole rings is 1. The lowest BCUT2D eigenvalue weighted by atomic mass is 10.2. The first-order valence-corrected chi connectivity index (χ1v) is 6.53. The van der Waals surface area contributed by atoms with E-state index in [0.717, 1.165) is 11.3 Å². The highest BCUT2D eigenvalue weighted by Crippen LogP contribution is 2.20. The third-order valence-electron chi connectivity index (χ3n) is 2.41. The van der Waals surface area contributed by atoms with Crippen molar-refractivity contribution < 1.29 is 8.42 Å². The number of hydrogen-bond acceptors (Lipinski definition) is 3. The van der Waals surface area contributed by atoms with Gasteiger partial charge in [-0.1, -0.05) is 12.1 Å². The standard InChI is InChI=1S/C11H13N3O2S/c1-12-17(15,16)10-5-3-4-9(6-10)11-7-14(2)8-13-11/h3-8,12H,1-2H3. The minimum Gasteiger partial charge on any atom is -0.340 e. The molecule has 6 heteroatoms. The zero-order valence-electron chi connectivity index (χ0n) is 9.58. The molecule has 1 aromatic heterocycles. The van der Waals surface area contributed by atoms with E-state index in [0.29, 0.717) is 0 Å². The van der Waals surface area contributed by atoms with Crippen molar-refractivity contribution in [2.24, 2.45) is 7.05 Å². The number of aryl methyl sites for hydroxylation is 1. The molecular formula is C11H13N3O2S. The highest BCUT2D eigenvalue weighted by molar-refractivity contribution is 7.89. The zero-order chi connectivity index (χ0) is 12.5. The summed E-state index contributed by atoms with van der Waals surface area (Å²) in [6, 6.07) is 6.69. The Balaban J connectivity index is 2.49. The SMILES string of the molecule is CNS(=O)(=O)c1cccc(-c2cn(C)cn2)c1. The first-order chi connectivity index (χ1) is 8.03. The number of nitrogens with one attached hydrogen (secondary N) is 1. The number of aromatic nitrogens is 2. The number of rotatable bonds is 3. The van der Waals surface area contributed by atoms with Gasteiger partial charge in [-0.25, -0.2) is 18.1 Å². The van der Waals surface area contributed by atoms with E-state index in [1.165, 1.54) is 7.05 Å². The van der Waals surface area contributed by atoms with Crippen molar-refractivity contribution in [2.75, 3.05) is 7.05 Å². The first-order valence-electron chi connectivity index (χ1n) is 5.05. The molecule has 2 aromatic rings. The molecule has 0 bridgehead atoms. The molecule has 0 saturated carbocycles. The Morgan fingerprint density at radius 2 is 2.12 bits per heavy atom. The lowest BCUT2D eigenvalue weighted by molar-refractivity contribution is 0.588. The molecule has 0 aliphatic rings. The van der Waals surface area contributed by atoms with Gasteiger partial charge in [-0.3, -0.25) is 0 Å². The zero-order valence-corrected chi connectivity index (χ0v) is 10.4. The third kappa shape index (κ3) is 2.37. The van der Waals surface area contributed by atoms with Crippen LogP contribution in [0, 0.1) is 0 Å². The van der Waals surface area contributed by atoms with Gasteiger partial charge in [0, 0.05) is 18.8 Å². The van der Waals surface area contributed by atoms with Crippen molar-refractivity contribution in [1.29, 1.82) is 0 Å². The minimum atomic E-state index is -3.41. The summed E-state index contributed by atoms with van der Waals surface area (Å²) in [6.45, 7) is 0. The van der Waals surface area contributed by atoms with Gasteiger partial charge in [-0.15, -0.1) is 0 Å². The number of nitrogens with zero attached hydrogens (tertiary/aromatic N) is 2. The van der Waals surface area contributed by atoms with Crippen LogP contribution in [0.3, 0.4) is 0 Å². The van der Waals surface area contributed by atoms with Crippen molar-refractivity contribution >= 4 is 10.0 Å². The average molecular weight is 251 g/mol. The van der Waals surface area contributed by atoms with E-state index in [9.17, 15) is 8.42 Å². The van der Waals surface area contributed by atoms with Crippen LogP contribution in [-0.2, 0) is 17.1 Å². The van der Waals surface area contributed by atoms with Crippen LogP contribution < -0.4 is 4.72 Å². The predicted octanol–water partition coefficient (Wildman–Crippen LogP) is 0.995. The monoisotopic (exact) mass is 251 g/mol. The van der Waals surface area contributed by atoms with Gasteiger partial charge < -0.3 is 4.57 Å². The molecule has 17 heavy (non-hydrogen) atoms. The molecule has 0 aliphatic heterocycles. The Morgan fingerprint density at radius 1 is 1.35 bits per heavy atom. The summed E-state index contributed by atoms with van der Waals surface area (Å²) in [5.41, 5.74) is 1.53. The second kappa shape index (κ2) is 4.31. The summed E-state index contributed by atoms with van der Waals surface area (Å²) in [5, 5.41) is 0. The Bertz CT molecular complexity index is 632. The average Bonchev–Trinajstić information content (AvgIpc) is 2.76. The lowest BCUT2D eigenvalue weighted by Crippen LogP contribution is -2.18. The van der Waals surface area contributed by atoms with E-state index in [1.807, 2.05) is 23.9 Å². The molecule has 5 nitrogen and oxygen atoms in total. The molecule has 0 aliphatic carbocycles. The molecule has 0 amide bonds. The maximum absolute atomic E-state index is 11.7. The van der Waals surface area contributed by atoms with Gasteiger partial charge in [0.15, 0.2) is 0 Å². The van der Waals surface area contributed by atoms with Gasteiger partial charge in [0.05, 0.1) is 16.9 Å². The Kier molecular flexibility index (Phi) is 2.99. The summed E-state index contributed by atoms with van der Waals surface area (Å²) in [4.78, 5) is 4.42. The summed E-state index contributed by atoms with van der Waals surface area (Å²) >= 11 is 0. The number of benzene rings is 1. The fraction of sp³-hybridized carbons (Fsp3) is 0.182. The fourth-order valence-electron chi connectivity index (χ4n) is 1.50. The second-order valence-corrected chi connectivity index (χ2v) is 5.55. The maximum Gasteiger partial charge on any atom is 0.240 e. The minimum absolute atomic E-state index is 0.239. The highest BCUT2D eigenvalue weighted by Gasteiger charge is 2.12. The summed E-state index contributed by atoms with van der Waals surface area (Å²) in [7, 11) is -0.149. The van der Waals surface area contributed by atoms with Crippen molar-refractivity contribution in [3.8, 4) is 11.3 Å². The van der Waals surface area contributed by atoms with Crippen LogP contribution in [0.25, 0.3) is 11.3 Å². The molecule has 1 N–H and O–H groups in total. The van der Waals surface area contributed by atoms with Crippen molar-refractivity contribution in [3.05, 3.63) is 36.8 Å². The third-order valence-corrected chi connectivity index (χ3v) is 3.83. The quantitative estimate of drug-likeness (QED) is 0.885. The van der Waals surface area contributed by atoms with Gasteiger partial charge in [-0.2, -0.15) is 0 Å². The van der Waals surface area contributed by atoms with Crippen molar-refractivity contribution in [2.45, 2.75) is 4.90 Å². The van der Waals surface area contributed by atoms with Crippen LogP contribution >= 0.6 is 0 Å². The van der Waals surface area contributed by atoms with Crippen molar-refractivity contribution in [1.82, 2.24) is 14.3 Å². The van der Waals surface area contributed by atoms with Crippen LogP contribution in [-0.4, -0.2) is 25.0 Å². The topological polar surface area (TPSA) is 64.0 Å². The summed E-state index contributed by atoms with van der Waals surface area (Å²) in [6.07, 6.45) is 3.51. The molecule has 0 saturated heterocycles. The Hall–Kier alpha value is -1.66. The molecule has 0 radical (unpaired) electrons. The van der Waals surface area contributed by atoms with Gasteiger partial charge in [0.1, 0.15) is 0 Å². The lowest BCUT2D eigenvalue weighted by Gasteiger charge is -2.03. The highest BCUT2D eigenvalue weighted by atomic mass is 32.2. The summed E-state index contributed by atoms with van der Waals surface area (Å²) in [5.74, 6) is 0. The maximum atomic E-state index is 11.7. The molecule has 0 atom stereocenters. The Morgan fingerprint density at radius 3 is 2.71 bits per heavy atom. The predicted molar refractivity (Wildman–Crippen MR) is 64.9 cm³/mol. The van der Waals surface area contributed by atoms with E-state index in [4.69, 9.17) is 0 Å². The molecule has 0 spiro atoms. The van der Waals surface area contributed by atoms with Gasteiger partial charge >= 0.3 is 0 Å². The van der Waals surface area contributed by atoms with Gasteiger partial charge in [-0.05, 0) is 19.2 Å². The number of hydrogen-bond donors (Lipinski definition) is 1. The molecule has 0 unspecified atom stereocenters. The van der Waals surface area contributed by atoms with E-state index >= 15 is 0 Å². The fourth-order valence-corrected chi connectivity index (χ4v) is 2.28. The van der Waals surface area contributed by atoms with Crippen LogP contribution in [0.2, 0.25) is 0 Å². The van der Waals surface area contributed by atoms with Crippen LogP contribution in [0.5, 0.6) is 0 Å². The Labute approximate surface area is 100 Å². The molecule has 0 fully saturated rings. The van der Waals surface area contributed by atoms with Crippen LogP contribution in [0.1, 0.15) is 0 Å². The largest absolute Gasteiger partial charge is 0.340 e.